The van der Waals surface area contributed by atoms with Crippen molar-refractivity contribution < 1.29 is 19.0 Å². The van der Waals surface area contributed by atoms with Crippen molar-refractivity contribution in [2.45, 2.75) is 25.3 Å². The van der Waals surface area contributed by atoms with Crippen molar-refractivity contribution in [3.05, 3.63) is 25.0 Å². The van der Waals surface area contributed by atoms with Crippen molar-refractivity contribution in [1.29, 1.82) is 0 Å². The van der Waals surface area contributed by atoms with Gasteiger partial charge in [-0.05, 0) is 31.4 Å². The zero-order chi connectivity index (χ0) is 19.3. The Bertz CT molecular complexity index is 822. The van der Waals surface area contributed by atoms with E-state index in [-0.39, 0.29) is 6.04 Å². The zero-order valence-corrected chi connectivity index (χ0v) is 16.4. The second kappa shape index (κ2) is 8.70. The van der Waals surface area contributed by atoms with Crippen LogP contribution in [0.15, 0.2) is 25.0 Å². The summed E-state index contributed by atoms with van der Waals surface area (Å²) in [6, 6.07) is 4.11. The first kappa shape index (κ1) is 18.9. The zero-order valence-electron chi connectivity index (χ0n) is 16.4. The van der Waals surface area contributed by atoms with E-state index >= 15 is 0 Å². The Balaban J connectivity index is 1.81. The fourth-order valence-corrected chi connectivity index (χ4v) is 3.94. The number of hydrogen-bond acceptors (Lipinski definition) is 7. The summed E-state index contributed by atoms with van der Waals surface area (Å²) < 4.78 is 19.8. The van der Waals surface area contributed by atoms with Crippen molar-refractivity contribution in [3.63, 3.8) is 0 Å². The van der Waals surface area contributed by atoms with E-state index in [2.05, 4.69) is 16.5 Å². The molecule has 152 valence electrons. The molecule has 0 bridgehead atoms. The van der Waals surface area contributed by atoms with Crippen LogP contribution in [0.1, 0.15) is 25.3 Å². The van der Waals surface area contributed by atoms with Crippen molar-refractivity contribution >= 4 is 17.0 Å². The van der Waals surface area contributed by atoms with Crippen LogP contribution in [0.3, 0.4) is 0 Å². The molecule has 0 saturated carbocycles. The number of imidazole rings is 1. The number of hydrogen-bond donors (Lipinski definition) is 1. The molecule has 2 aromatic rings. The molecule has 1 fully saturated rings. The lowest BCUT2D eigenvalue weighted by atomic mass is 10.1. The fourth-order valence-electron chi connectivity index (χ4n) is 3.94. The Hall–Kier alpha value is -2.45. The van der Waals surface area contributed by atoms with Gasteiger partial charge in [0.25, 0.3) is 0 Å². The van der Waals surface area contributed by atoms with E-state index in [1.54, 1.807) is 0 Å². The minimum absolute atomic E-state index is 0.189. The standard InChI is InChI=1S/C20H28N4O4/c1-3-28-23-9-5-4-6-15(14-23)24-18-16(22-20(24)21-2)7-8-17-19(18)27-13-11-25-10-12-26-17/h3,7-8,15H,1,4-6,9-14H2,2H3,(H,21,22). The van der Waals surface area contributed by atoms with Crippen LogP contribution >= 0.6 is 0 Å². The smallest absolute Gasteiger partial charge is 0.204 e. The van der Waals surface area contributed by atoms with Crippen LogP contribution in [-0.2, 0) is 9.57 Å². The van der Waals surface area contributed by atoms with Gasteiger partial charge < -0.3 is 28.9 Å². The summed E-state index contributed by atoms with van der Waals surface area (Å²) in [4.78, 5) is 10.4. The fraction of sp³-hybridized carbons (Fsp3) is 0.550. The number of nitrogens with zero attached hydrogens (tertiary/aromatic N) is 3. The molecule has 1 atom stereocenters. The van der Waals surface area contributed by atoms with Gasteiger partial charge in [-0.3, -0.25) is 0 Å². The van der Waals surface area contributed by atoms with Gasteiger partial charge in [-0.25, -0.2) is 4.98 Å². The predicted octanol–water partition coefficient (Wildman–Crippen LogP) is 2.97. The summed E-state index contributed by atoms with van der Waals surface area (Å²) in [5, 5.41) is 5.22. The molecule has 8 nitrogen and oxygen atoms in total. The lowest BCUT2D eigenvalue weighted by Crippen LogP contribution is -2.29. The summed E-state index contributed by atoms with van der Waals surface area (Å²) in [5.41, 5.74) is 1.83. The van der Waals surface area contributed by atoms with Gasteiger partial charge in [-0.1, -0.05) is 6.58 Å². The second-order valence-corrected chi connectivity index (χ2v) is 6.93. The van der Waals surface area contributed by atoms with Crippen LogP contribution < -0.4 is 14.8 Å². The maximum atomic E-state index is 6.12. The molecule has 0 aliphatic carbocycles. The summed E-state index contributed by atoms with van der Waals surface area (Å²) in [5.74, 6) is 2.28. The van der Waals surface area contributed by atoms with E-state index in [4.69, 9.17) is 24.0 Å². The molecule has 2 aliphatic rings. The Morgan fingerprint density at radius 3 is 2.89 bits per heavy atom. The maximum Gasteiger partial charge on any atom is 0.204 e. The largest absolute Gasteiger partial charge is 0.487 e. The van der Waals surface area contributed by atoms with E-state index in [9.17, 15) is 0 Å². The van der Waals surface area contributed by atoms with Crippen molar-refractivity contribution in [3.8, 4) is 11.5 Å². The number of rotatable bonds is 4. The Labute approximate surface area is 165 Å². The molecule has 0 radical (unpaired) electrons. The lowest BCUT2D eigenvalue weighted by Gasteiger charge is -2.25. The highest BCUT2D eigenvalue weighted by Crippen LogP contribution is 2.40. The van der Waals surface area contributed by atoms with Crippen LogP contribution in [0.2, 0.25) is 0 Å². The Kier molecular flexibility index (Phi) is 5.87. The molecule has 1 aromatic carbocycles. The molecule has 1 unspecified atom stereocenters. The highest BCUT2D eigenvalue weighted by Gasteiger charge is 2.27. The third kappa shape index (κ3) is 3.74. The van der Waals surface area contributed by atoms with Gasteiger partial charge in [0.2, 0.25) is 5.95 Å². The van der Waals surface area contributed by atoms with Gasteiger partial charge in [0, 0.05) is 13.6 Å². The van der Waals surface area contributed by atoms with Gasteiger partial charge in [-0.15, -0.1) is 5.06 Å². The molecule has 1 saturated heterocycles. The predicted molar refractivity (Wildman–Crippen MR) is 107 cm³/mol. The van der Waals surface area contributed by atoms with Crippen molar-refractivity contribution in [2.75, 3.05) is 51.9 Å². The van der Waals surface area contributed by atoms with E-state index in [1.165, 1.54) is 6.26 Å². The number of ether oxygens (including phenoxy) is 3. The average molecular weight is 388 g/mol. The Morgan fingerprint density at radius 2 is 2.07 bits per heavy atom. The number of benzene rings is 1. The van der Waals surface area contributed by atoms with Crippen molar-refractivity contribution in [1.82, 2.24) is 14.6 Å². The van der Waals surface area contributed by atoms with Crippen LogP contribution in [0.5, 0.6) is 11.5 Å². The summed E-state index contributed by atoms with van der Waals surface area (Å²) in [6.07, 6.45) is 4.72. The second-order valence-electron chi connectivity index (χ2n) is 6.93. The van der Waals surface area contributed by atoms with Gasteiger partial charge in [0.1, 0.15) is 25.0 Å². The highest BCUT2D eigenvalue weighted by atomic mass is 16.7. The Morgan fingerprint density at radius 1 is 1.21 bits per heavy atom. The molecular weight excluding hydrogens is 360 g/mol. The minimum Gasteiger partial charge on any atom is -0.487 e. The molecule has 4 rings (SSSR count). The molecule has 8 heteroatoms. The molecule has 3 heterocycles. The van der Waals surface area contributed by atoms with Gasteiger partial charge in [0.15, 0.2) is 11.5 Å². The van der Waals surface area contributed by atoms with Gasteiger partial charge in [0.05, 0.1) is 31.3 Å². The van der Waals surface area contributed by atoms with Crippen LogP contribution in [0.4, 0.5) is 5.95 Å². The molecule has 28 heavy (non-hydrogen) atoms. The first-order chi connectivity index (χ1) is 13.8. The first-order valence-electron chi connectivity index (χ1n) is 9.90. The summed E-state index contributed by atoms with van der Waals surface area (Å²) in [6.45, 7) is 7.41. The minimum atomic E-state index is 0.189. The number of fused-ring (bicyclic) bond motifs is 3. The molecular formula is C20H28N4O4. The summed E-state index contributed by atoms with van der Waals surface area (Å²) in [7, 11) is 1.90. The number of aromatic nitrogens is 2. The van der Waals surface area contributed by atoms with Crippen molar-refractivity contribution in [2.24, 2.45) is 0 Å². The van der Waals surface area contributed by atoms with E-state index < -0.39 is 0 Å². The van der Waals surface area contributed by atoms with E-state index in [0.29, 0.717) is 26.4 Å². The quantitative estimate of drug-likeness (QED) is 0.808. The summed E-state index contributed by atoms with van der Waals surface area (Å²) >= 11 is 0. The van der Waals surface area contributed by atoms with Gasteiger partial charge in [-0.2, -0.15) is 0 Å². The topological polar surface area (TPSA) is 70.0 Å². The van der Waals surface area contributed by atoms with Gasteiger partial charge >= 0.3 is 0 Å². The monoisotopic (exact) mass is 388 g/mol. The molecule has 1 N–H and O–H groups in total. The number of anilines is 1. The van der Waals surface area contributed by atoms with Crippen LogP contribution in [-0.4, -0.2) is 61.2 Å². The molecule has 2 aliphatic heterocycles. The molecule has 1 aromatic heterocycles. The van der Waals surface area contributed by atoms with Crippen LogP contribution in [0.25, 0.3) is 11.0 Å². The van der Waals surface area contributed by atoms with Crippen LogP contribution in [0, 0.1) is 0 Å². The van der Waals surface area contributed by atoms with E-state index in [0.717, 1.165) is 60.8 Å². The highest BCUT2D eigenvalue weighted by molar-refractivity contribution is 5.87. The lowest BCUT2D eigenvalue weighted by molar-refractivity contribution is -0.106. The third-order valence-corrected chi connectivity index (χ3v) is 5.15. The number of hydroxylamine groups is 2. The molecule has 0 spiro atoms. The third-order valence-electron chi connectivity index (χ3n) is 5.15. The van der Waals surface area contributed by atoms with E-state index in [1.807, 2.05) is 24.2 Å². The first-order valence-corrected chi connectivity index (χ1v) is 9.90. The SMILES string of the molecule is C=CON1CCCCC(n2c(NC)nc3ccc4c(c32)OCCOCCO4)C1. The average Bonchev–Trinajstić information content (AvgIpc) is 3.00. The number of nitrogens with one attached hydrogen (secondary N) is 1. The maximum absolute atomic E-state index is 6.12. The molecule has 0 amide bonds. The normalized spacial score (nSPS) is 21.2.